The van der Waals surface area contributed by atoms with Crippen LogP contribution >= 0.6 is 0 Å². The third-order valence-corrected chi connectivity index (χ3v) is 3.22. The van der Waals surface area contributed by atoms with Crippen LogP contribution in [0.4, 0.5) is 11.4 Å². The lowest BCUT2D eigenvalue weighted by Crippen LogP contribution is -2.54. The van der Waals surface area contributed by atoms with E-state index in [1.807, 2.05) is 19.1 Å². The minimum Gasteiger partial charge on any atom is -0.492 e. The second kappa shape index (κ2) is 5.48. The first kappa shape index (κ1) is 13.0. The van der Waals surface area contributed by atoms with Gasteiger partial charge in [0.15, 0.2) is 0 Å². The first-order valence-electron chi connectivity index (χ1n) is 6.63. The zero-order chi connectivity index (χ0) is 13.1. The van der Waals surface area contributed by atoms with Gasteiger partial charge < -0.3 is 20.7 Å². The number of benzene rings is 1. The van der Waals surface area contributed by atoms with Crippen LogP contribution in [-0.2, 0) is 0 Å². The molecule has 0 aromatic heterocycles. The maximum absolute atomic E-state index is 6.02. The van der Waals surface area contributed by atoms with E-state index >= 15 is 0 Å². The van der Waals surface area contributed by atoms with Gasteiger partial charge in [-0.3, -0.25) is 0 Å². The molecule has 1 fully saturated rings. The first-order chi connectivity index (χ1) is 8.60. The molecule has 0 unspecified atom stereocenters. The first-order valence-corrected chi connectivity index (χ1v) is 6.63. The Kier molecular flexibility index (Phi) is 3.97. The van der Waals surface area contributed by atoms with Gasteiger partial charge >= 0.3 is 0 Å². The Morgan fingerprint density at radius 1 is 1.33 bits per heavy atom. The lowest BCUT2D eigenvalue weighted by Gasteiger charge is -2.37. The molecule has 3 N–H and O–H groups in total. The molecule has 0 saturated carbocycles. The average molecular weight is 249 g/mol. The number of hydrogen-bond acceptors (Lipinski definition) is 4. The van der Waals surface area contributed by atoms with Crippen LogP contribution in [0.5, 0.6) is 5.75 Å². The van der Waals surface area contributed by atoms with Crippen LogP contribution in [0.15, 0.2) is 18.2 Å². The lowest BCUT2D eigenvalue weighted by molar-refractivity contribution is 0.342. The molecule has 2 rings (SSSR count). The largest absolute Gasteiger partial charge is 0.492 e. The monoisotopic (exact) mass is 249 g/mol. The topological polar surface area (TPSA) is 50.5 Å². The number of hydrogen-bond donors (Lipinski definition) is 2. The van der Waals surface area contributed by atoms with Crippen molar-refractivity contribution in [1.82, 2.24) is 5.32 Å². The number of nitrogens with two attached hydrogens (primary N) is 1. The van der Waals surface area contributed by atoms with Gasteiger partial charge in [-0.15, -0.1) is 0 Å². The summed E-state index contributed by atoms with van der Waals surface area (Å²) in [5, 5.41) is 3.53. The average Bonchev–Trinajstić information content (AvgIpc) is 2.30. The molecule has 1 heterocycles. The highest BCUT2D eigenvalue weighted by atomic mass is 16.5. The molecule has 1 aromatic carbocycles. The molecule has 0 spiro atoms. The Hall–Kier alpha value is -1.42. The molecule has 100 valence electrons. The summed E-state index contributed by atoms with van der Waals surface area (Å²) in [5.41, 5.74) is 7.91. The van der Waals surface area contributed by atoms with Gasteiger partial charge in [0, 0.05) is 30.9 Å². The zero-order valence-corrected chi connectivity index (χ0v) is 11.4. The van der Waals surface area contributed by atoms with Crippen molar-refractivity contribution in [2.45, 2.75) is 32.9 Å². The molecule has 0 bridgehead atoms. The van der Waals surface area contributed by atoms with Crippen molar-refractivity contribution >= 4 is 11.4 Å². The fourth-order valence-electron chi connectivity index (χ4n) is 2.56. The molecule has 0 aliphatic carbocycles. The van der Waals surface area contributed by atoms with E-state index in [9.17, 15) is 0 Å². The van der Waals surface area contributed by atoms with Crippen molar-refractivity contribution in [3.63, 3.8) is 0 Å². The van der Waals surface area contributed by atoms with Gasteiger partial charge in [-0.2, -0.15) is 0 Å². The third-order valence-electron chi connectivity index (χ3n) is 3.22. The molecule has 1 aliphatic heterocycles. The SMILES string of the molecule is CCOc1ccc(N2C[C@@H](C)N[C@@H](C)C2)cc1N. The number of nitrogens with one attached hydrogen (secondary N) is 1. The Labute approximate surface area is 109 Å². The van der Waals surface area contributed by atoms with Gasteiger partial charge in [-0.25, -0.2) is 0 Å². The summed E-state index contributed by atoms with van der Waals surface area (Å²) in [6.07, 6.45) is 0. The van der Waals surface area contributed by atoms with Gasteiger partial charge in [0.1, 0.15) is 5.75 Å². The third kappa shape index (κ3) is 2.88. The number of piperazine rings is 1. The summed E-state index contributed by atoms with van der Waals surface area (Å²) in [7, 11) is 0. The zero-order valence-electron chi connectivity index (χ0n) is 11.4. The molecule has 0 radical (unpaired) electrons. The van der Waals surface area contributed by atoms with E-state index in [0.717, 1.165) is 18.8 Å². The maximum atomic E-state index is 6.02. The van der Waals surface area contributed by atoms with E-state index in [2.05, 4.69) is 30.1 Å². The van der Waals surface area contributed by atoms with Crippen LogP contribution in [-0.4, -0.2) is 31.8 Å². The fourth-order valence-corrected chi connectivity index (χ4v) is 2.56. The van der Waals surface area contributed by atoms with Crippen LogP contribution in [0.3, 0.4) is 0 Å². The minimum atomic E-state index is 0.501. The highest BCUT2D eigenvalue weighted by Crippen LogP contribution is 2.28. The Morgan fingerprint density at radius 2 is 2.00 bits per heavy atom. The van der Waals surface area contributed by atoms with Gasteiger partial charge in [0.25, 0.3) is 0 Å². The van der Waals surface area contributed by atoms with Crippen LogP contribution in [0.25, 0.3) is 0 Å². The number of nitrogens with zero attached hydrogens (tertiary/aromatic N) is 1. The number of rotatable bonds is 3. The molecule has 18 heavy (non-hydrogen) atoms. The fraction of sp³-hybridized carbons (Fsp3) is 0.571. The predicted molar refractivity (Wildman–Crippen MR) is 76.3 cm³/mol. The second-order valence-corrected chi connectivity index (χ2v) is 5.03. The summed E-state index contributed by atoms with van der Waals surface area (Å²) in [6, 6.07) is 7.07. The van der Waals surface area contributed by atoms with E-state index in [-0.39, 0.29) is 0 Å². The van der Waals surface area contributed by atoms with E-state index in [1.54, 1.807) is 0 Å². The van der Waals surface area contributed by atoms with E-state index in [0.29, 0.717) is 24.4 Å². The molecular formula is C14H23N3O. The molecule has 0 amide bonds. The van der Waals surface area contributed by atoms with E-state index in [1.165, 1.54) is 5.69 Å². The highest BCUT2D eigenvalue weighted by Gasteiger charge is 2.21. The van der Waals surface area contributed by atoms with E-state index in [4.69, 9.17) is 10.5 Å². The molecule has 2 atom stereocenters. The van der Waals surface area contributed by atoms with Gasteiger partial charge in [0.05, 0.1) is 12.3 Å². The molecular weight excluding hydrogens is 226 g/mol. The molecule has 1 saturated heterocycles. The minimum absolute atomic E-state index is 0.501. The number of anilines is 2. The Morgan fingerprint density at radius 3 is 2.56 bits per heavy atom. The molecule has 1 aromatic rings. The number of ether oxygens (including phenoxy) is 1. The Balaban J connectivity index is 2.15. The van der Waals surface area contributed by atoms with Crippen molar-refractivity contribution in [1.29, 1.82) is 0 Å². The normalized spacial score (nSPS) is 24.1. The molecule has 4 heteroatoms. The van der Waals surface area contributed by atoms with Crippen molar-refractivity contribution in [3.8, 4) is 5.75 Å². The summed E-state index contributed by atoms with van der Waals surface area (Å²) in [5.74, 6) is 0.775. The second-order valence-electron chi connectivity index (χ2n) is 5.03. The van der Waals surface area contributed by atoms with Crippen molar-refractivity contribution < 1.29 is 4.74 Å². The summed E-state index contributed by atoms with van der Waals surface area (Å²) >= 11 is 0. The van der Waals surface area contributed by atoms with E-state index < -0.39 is 0 Å². The standard InChI is InChI=1S/C14H23N3O/c1-4-18-14-6-5-12(7-13(14)15)17-8-10(2)16-11(3)9-17/h5-7,10-11,16H,4,8-9,15H2,1-3H3/t10-,11+. The molecule has 4 nitrogen and oxygen atoms in total. The van der Waals surface area contributed by atoms with Crippen LogP contribution in [0, 0.1) is 0 Å². The Bertz CT molecular complexity index is 398. The van der Waals surface area contributed by atoms with Crippen LogP contribution < -0.4 is 20.7 Å². The summed E-state index contributed by atoms with van der Waals surface area (Å²) in [6.45, 7) is 9.05. The highest BCUT2D eigenvalue weighted by molar-refractivity contribution is 5.63. The van der Waals surface area contributed by atoms with Gasteiger partial charge in [-0.05, 0) is 39.0 Å². The predicted octanol–water partition coefficient (Wildman–Crippen LogP) is 1.85. The smallest absolute Gasteiger partial charge is 0.142 e. The van der Waals surface area contributed by atoms with Crippen molar-refractivity contribution in [2.24, 2.45) is 0 Å². The summed E-state index contributed by atoms with van der Waals surface area (Å²) < 4.78 is 5.47. The van der Waals surface area contributed by atoms with Gasteiger partial charge in [-0.1, -0.05) is 0 Å². The van der Waals surface area contributed by atoms with Crippen molar-refractivity contribution in [3.05, 3.63) is 18.2 Å². The lowest BCUT2D eigenvalue weighted by atomic mass is 10.1. The van der Waals surface area contributed by atoms with Gasteiger partial charge in [0.2, 0.25) is 0 Å². The quantitative estimate of drug-likeness (QED) is 0.803. The summed E-state index contributed by atoms with van der Waals surface area (Å²) in [4.78, 5) is 2.37. The van der Waals surface area contributed by atoms with Crippen LogP contribution in [0.2, 0.25) is 0 Å². The molecule has 1 aliphatic rings. The van der Waals surface area contributed by atoms with Crippen molar-refractivity contribution in [2.75, 3.05) is 30.3 Å². The van der Waals surface area contributed by atoms with Crippen LogP contribution in [0.1, 0.15) is 20.8 Å². The maximum Gasteiger partial charge on any atom is 0.142 e. The number of nitrogen functional groups attached to an aromatic ring is 1.